The third kappa shape index (κ3) is 2.13. The molecular formula is C10H11N3O2. The normalized spacial score (nSPS) is 10.5. The molecule has 5 heteroatoms. The van der Waals surface area contributed by atoms with E-state index in [1.54, 1.807) is 35.1 Å². The summed E-state index contributed by atoms with van der Waals surface area (Å²) >= 11 is 0. The van der Waals surface area contributed by atoms with Crippen molar-refractivity contribution in [3.05, 3.63) is 30.5 Å². The van der Waals surface area contributed by atoms with Crippen LogP contribution < -0.4 is 0 Å². The van der Waals surface area contributed by atoms with Crippen molar-refractivity contribution in [1.29, 1.82) is 0 Å². The number of aromatic hydroxyl groups is 1. The Balaban J connectivity index is 2.25. The van der Waals surface area contributed by atoms with E-state index in [9.17, 15) is 0 Å². The van der Waals surface area contributed by atoms with Crippen LogP contribution in [0.15, 0.2) is 30.5 Å². The number of aromatic nitrogens is 3. The second-order valence-corrected chi connectivity index (χ2v) is 3.14. The number of rotatable bonds is 3. The van der Waals surface area contributed by atoms with Gasteiger partial charge < -0.3 is 10.2 Å². The third-order valence-electron chi connectivity index (χ3n) is 2.03. The lowest BCUT2D eigenvalue weighted by Gasteiger charge is -1.95. The molecule has 1 aromatic heterocycles. The minimum atomic E-state index is 0.0401. The fraction of sp³-hybridized carbons (Fsp3) is 0.200. The van der Waals surface area contributed by atoms with E-state index in [4.69, 9.17) is 10.2 Å². The molecule has 0 saturated heterocycles. The average molecular weight is 205 g/mol. The van der Waals surface area contributed by atoms with Gasteiger partial charge in [0, 0.05) is 5.56 Å². The monoisotopic (exact) mass is 205 g/mol. The lowest BCUT2D eigenvalue weighted by Crippen LogP contribution is -2.01. The molecule has 1 aromatic carbocycles. The predicted octanol–water partition coefficient (Wildman–Crippen LogP) is 0.643. The zero-order valence-corrected chi connectivity index (χ0v) is 8.04. The van der Waals surface area contributed by atoms with Crippen LogP contribution in [0.5, 0.6) is 5.75 Å². The van der Waals surface area contributed by atoms with Crippen LogP contribution in [-0.2, 0) is 6.54 Å². The second-order valence-electron chi connectivity index (χ2n) is 3.14. The van der Waals surface area contributed by atoms with Crippen molar-refractivity contribution < 1.29 is 10.2 Å². The van der Waals surface area contributed by atoms with E-state index < -0.39 is 0 Å². The van der Waals surface area contributed by atoms with Crippen molar-refractivity contribution in [3.8, 4) is 17.0 Å². The van der Waals surface area contributed by atoms with Gasteiger partial charge >= 0.3 is 0 Å². The Labute approximate surface area is 86.6 Å². The summed E-state index contributed by atoms with van der Waals surface area (Å²) < 4.78 is 1.57. The summed E-state index contributed by atoms with van der Waals surface area (Å²) in [4.78, 5) is 0. The minimum absolute atomic E-state index is 0.0401. The largest absolute Gasteiger partial charge is 0.508 e. The number of hydrogen-bond donors (Lipinski definition) is 2. The number of nitrogens with zero attached hydrogens (tertiary/aromatic N) is 3. The van der Waals surface area contributed by atoms with Crippen LogP contribution in [-0.4, -0.2) is 31.8 Å². The summed E-state index contributed by atoms with van der Waals surface area (Å²) in [6.45, 7) is 0.476. The van der Waals surface area contributed by atoms with Gasteiger partial charge in [-0.1, -0.05) is 5.21 Å². The molecule has 1 heterocycles. The zero-order valence-electron chi connectivity index (χ0n) is 8.04. The molecule has 0 aliphatic rings. The smallest absolute Gasteiger partial charge is 0.115 e. The molecule has 2 aromatic rings. The van der Waals surface area contributed by atoms with Gasteiger partial charge in [0.1, 0.15) is 11.4 Å². The Morgan fingerprint density at radius 1 is 1.20 bits per heavy atom. The average Bonchev–Trinajstić information content (AvgIpc) is 2.68. The van der Waals surface area contributed by atoms with Crippen molar-refractivity contribution >= 4 is 0 Å². The van der Waals surface area contributed by atoms with Gasteiger partial charge in [-0.25, -0.2) is 4.68 Å². The maximum Gasteiger partial charge on any atom is 0.115 e. The summed E-state index contributed by atoms with van der Waals surface area (Å²) in [6, 6.07) is 6.73. The van der Waals surface area contributed by atoms with Crippen LogP contribution in [0.4, 0.5) is 0 Å². The molecule has 0 unspecified atom stereocenters. The minimum Gasteiger partial charge on any atom is -0.508 e. The van der Waals surface area contributed by atoms with Crippen molar-refractivity contribution in [2.24, 2.45) is 0 Å². The quantitative estimate of drug-likeness (QED) is 0.771. The first-order chi connectivity index (χ1) is 7.29. The fourth-order valence-corrected chi connectivity index (χ4v) is 1.27. The molecule has 0 fully saturated rings. The highest BCUT2D eigenvalue weighted by Gasteiger charge is 2.02. The van der Waals surface area contributed by atoms with E-state index in [1.165, 1.54) is 0 Å². The summed E-state index contributed by atoms with van der Waals surface area (Å²) in [5, 5.41) is 25.6. The highest BCUT2D eigenvalue weighted by Crippen LogP contribution is 2.18. The molecule has 2 rings (SSSR count). The fourth-order valence-electron chi connectivity index (χ4n) is 1.27. The summed E-state index contributed by atoms with van der Waals surface area (Å²) in [6.07, 6.45) is 1.75. The van der Waals surface area contributed by atoms with Gasteiger partial charge in [-0.05, 0) is 24.3 Å². The van der Waals surface area contributed by atoms with E-state index in [1.807, 2.05) is 0 Å². The molecule has 0 bridgehead atoms. The molecule has 0 saturated carbocycles. The summed E-state index contributed by atoms with van der Waals surface area (Å²) in [5.74, 6) is 0.224. The Kier molecular flexibility index (Phi) is 2.64. The number of aliphatic hydroxyl groups is 1. The Hall–Kier alpha value is -1.88. The molecule has 2 N–H and O–H groups in total. The molecule has 78 valence electrons. The van der Waals surface area contributed by atoms with Crippen molar-refractivity contribution in [1.82, 2.24) is 15.0 Å². The molecule has 15 heavy (non-hydrogen) atoms. The number of phenols is 1. The van der Waals surface area contributed by atoms with E-state index in [2.05, 4.69) is 10.3 Å². The topological polar surface area (TPSA) is 71.2 Å². The van der Waals surface area contributed by atoms with Crippen molar-refractivity contribution in [3.63, 3.8) is 0 Å². The van der Waals surface area contributed by atoms with Crippen LogP contribution in [0.25, 0.3) is 11.3 Å². The molecule has 5 nitrogen and oxygen atoms in total. The van der Waals surface area contributed by atoms with E-state index in [0.717, 1.165) is 11.3 Å². The molecule has 0 amide bonds. The molecular weight excluding hydrogens is 194 g/mol. The van der Waals surface area contributed by atoms with Crippen LogP contribution in [0.2, 0.25) is 0 Å². The van der Waals surface area contributed by atoms with Crippen LogP contribution in [0, 0.1) is 0 Å². The second kappa shape index (κ2) is 4.10. The highest BCUT2D eigenvalue weighted by molar-refractivity contribution is 5.58. The lowest BCUT2D eigenvalue weighted by molar-refractivity contribution is 0.268. The number of hydrogen-bond acceptors (Lipinski definition) is 4. The maximum atomic E-state index is 9.12. The molecule has 0 spiro atoms. The zero-order chi connectivity index (χ0) is 10.7. The van der Waals surface area contributed by atoms with E-state index in [-0.39, 0.29) is 12.4 Å². The Morgan fingerprint density at radius 2 is 1.93 bits per heavy atom. The predicted molar refractivity (Wildman–Crippen MR) is 54.2 cm³/mol. The molecule has 0 aliphatic heterocycles. The first kappa shape index (κ1) is 9.67. The molecule has 0 radical (unpaired) electrons. The lowest BCUT2D eigenvalue weighted by atomic mass is 10.2. The SMILES string of the molecule is OCCn1cc(-c2ccc(O)cc2)nn1. The van der Waals surface area contributed by atoms with Gasteiger partial charge in [0.05, 0.1) is 19.3 Å². The van der Waals surface area contributed by atoms with Crippen LogP contribution >= 0.6 is 0 Å². The number of phenolic OH excluding ortho intramolecular Hbond substituents is 1. The van der Waals surface area contributed by atoms with Gasteiger partial charge in [0.15, 0.2) is 0 Å². The number of aliphatic hydroxyl groups excluding tert-OH is 1. The van der Waals surface area contributed by atoms with Crippen molar-refractivity contribution in [2.45, 2.75) is 6.54 Å². The van der Waals surface area contributed by atoms with Crippen LogP contribution in [0.1, 0.15) is 0 Å². The number of benzene rings is 1. The Bertz CT molecular complexity index is 436. The van der Waals surface area contributed by atoms with Crippen molar-refractivity contribution in [2.75, 3.05) is 6.61 Å². The Morgan fingerprint density at radius 3 is 2.60 bits per heavy atom. The van der Waals surface area contributed by atoms with Gasteiger partial charge in [-0.2, -0.15) is 0 Å². The standard InChI is InChI=1S/C10H11N3O2/c14-6-5-13-7-10(11-12-13)8-1-3-9(15)4-2-8/h1-4,7,14-15H,5-6H2. The highest BCUT2D eigenvalue weighted by atomic mass is 16.3. The summed E-state index contributed by atoms with van der Waals surface area (Å²) in [5.41, 5.74) is 1.61. The van der Waals surface area contributed by atoms with Gasteiger partial charge in [0.2, 0.25) is 0 Å². The third-order valence-corrected chi connectivity index (χ3v) is 2.03. The maximum absolute atomic E-state index is 9.12. The van der Waals surface area contributed by atoms with E-state index >= 15 is 0 Å². The molecule has 0 atom stereocenters. The first-order valence-electron chi connectivity index (χ1n) is 4.60. The van der Waals surface area contributed by atoms with Crippen LogP contribution in [0.3, 0.4) is 0 Å². The molecule has 0 aliphatic carbocycles. The van der Waals surface area contributed by atoms with Gasteiger partial charge in [-0.15, -0.1) is 5.10 Å². The van der Waals surface area contributed by atoms with E-state index in [0.29, 0.717) is 6.54 Å². The first-order valence-corrected chi connectivity index (χ1v) is 4.60. The summed E-state index contributed by atoms with van der Waals surface area (Å²) in [7, 11) is 0. The van der Waals surface area contributed by atoms with Gasteiger partial charge in [0.25, 0.3) is 0 Å². The van der Waals surface area contributed by atoms with Gasteiger partial charge in [-0.3, -0.25) is 0 Å².